The molecular formula is C28H27F3N7O2+. The van der Waals surface area contributed by atoms with E-state index < -0.39 is 23.5 Å². The van der Waals surface area contributed by atoms with E-state index >= 15 is 0 Å². The average molecular weight is 551 g/mol. The lowest BCUT2D eigenvalue weighted by Crippen LogP contribution is -2.46. The SMILES string of the molecule is Cc1c(-c2ccnn2-c2ccc(C#N)cc2)n(C(=O)N[C@H]2CC[N+](C)(C)C2)c(=O)n1-c1cccc(C(F)(F)F)c1. The molecular weight excluding hydrogens is 523 g/mol. The molecule has 0 spiro atoms. The predicted octanol–water partition coefficient (Wildman–Crippen LogP) is 4.10. The summed E-state index contributed by atoms with van der Waals surface area (Å²) in [5, 5.41) is 16.5. The van der Waals surface area contributed by atoms with Crippen molar-refractivity contribution in [3.8, 4) is 28.8 Å². The van der Waals surface area contributed by atoms with E-state index in [1.165, 1.54) is 23.0 Å². The third-order valence-corrected chi connectivity index (χ3v) is 7.17. The highest BCUT2D eigenvalue weighted by molar-refractivity contribution is 5.83. The molecule has 2 aromatic heterocycles. The number of nitriles is 1. The van der Waals surface area contributed by atoms with E-state index in [9.17, 15) is 22.8 Å². The molecule has 4 aromatic rings. The first-order valence-corrected chi connectivity index (χ1v) is 12.6. The van der Waals surface area contributed by atoms with Crippen molar-refractivity contribution in [1.29, 1.82) is 5.26 Å². The summed E-state index contributed by atoms with van der Waals surface area (Å²) in [4.78, 5) is 27.5. The molecule has 206 valence electrons. The molecule has 1 N–H and O–H groups in total. The molecule has 0 radical (unpaired) electrons. The molecule has 9 nitrogen and oxygen atoms in total. The van der Waals surface area contributed by atoms with Gasteiger partial charge in [-0.05, 0) is 55.5 Å². The Kier molecular flexibility index (Phi) is 6.63. The number of aromatic nitrogens is 4. The summed E-state index contributed by atoms with van der Waals surface area (Å²) >= 11 is 0. The van der Waals surface area contributed by atoms with Gasteiger partial charge in [-0.3, -0.25) is 4.57 Å². The highest BCUT2D eigenvalue weighted by atomic mass is 19.4. The number of amides is 1. The van der Waals surface area contributed by atoms with E-state index in [1.807, 2.05) is 14.1 Å². The summed E-state index contributed by atoms with van der Waals surface area (Å²) in [6.45, 7) is 3.10. The van der Waals surface area contributed by atoms with Crippen LogP contribution in [0.1, 0.15) is 23.2 Å². The fourth-order valence-corrected chi connectivity index (χ4v) is 5.23. The van der Waals surface area contributed by atoms with Gasteiger partial charge in [-0.2, -0.15) is 23.5 Å². The molecule has 0 saturated carbocycles. The second-order valence-electron chi connectivity index (χ2n) is 10.5. The Balaban J connectivity index is 1.69. The van der Waals surface area contributed by atoms with Gasteiger partial charge in [-0.15, -0.1) is 0 Å². The average Bonchev–Trinajstić information content (AvgIpc) is 3.58. The van der Waals surface area contributed by atoms with Crippen molar-refractivity contribution in [3.05, 3.63) is 88.1 Å². The Morgan fingerprint density at radius 1 is 1.12 bits per heavy atom. The summed E-state index contributed by atoms with van der Waals surface area (Å²) in [6.07, 6.45) is -2.39. The smallest absolute Gasteiger partial charge is 0.329 e. The lowest BCUT2D eigenvalue weighted by atomic mass is 10.2. The Bertz CT molecular complexity index is 1690. The number of rotatable bonds is 4. The first-order valence-electron chi connectivity index (χ1n) is 12.6. The standard InChI is InChI=1S/C28H26F3N7O2/c1-18-25(24-11-13-33-37(24)22-9-7-19(16-32)8-10-22)36(26(39)34-21-12-14-38(2,3)17-21)27(40)35(18)23-6-4-5-20(15-23)28(29,30)31/h4-11,13,15,21H,12,14,17H2,1-3H3/p+1/t21-/m0/s1. The summed E-state index contributed by atoms with van der Waals surface area (Å²) in [6, 6.07) is 13.8. The normalized spacial score (nSPS) is 16.6. The fourth-order valence-electron chi connectivity index (χ4n) is 5.23. The van der Waals surface area contributed by atoms with E-state index in [-0.39, 0.29) is 23.1 Å². The minimum atomic E-state index is -4.61. The van der Waals surface area contributed by atoms with Gasteiger partial charge in [0.25, 0.3) is 0 Å². The molecule has 2 aromatic carbocycles. The van der Waals surface area contributed by atoms with Crippen LogP contribution in [0.4, 0.5) is 18.0 Å². The molecule has 3 heterocycles. The van der Waals surface area contributed by atoms with Crippen molar-refractivity contribution in [3.63, 3.8) is 0 Å². The quantitative estimate of drug-likeness (QED) is 0.387. The Morgan fingerprint density at radius 3 is 2.48 bits per heavy atom. The number of carbonyl (C=O) groups excluding carboxylic acids is 1. The van der Waals surface area contributed by atoms with Crippen LogP contribution < -0.4 is 11.0 Å². The summed E-state index contributed by atoms with van der Waals surface area (Å²) in [5.74, 6) is 0. The van der Waals surface area contributed by atoms with Gasteiger partial charge in [0.2, 0.25) is 0 Å². The molecule has 1 aliphatic heterocycles. The zero-order valence-electron chi connectivity index (χ0n) is 22.1. The molecule has 0 bridgehead atoms. The molecule has 0 unspecified atom stereocenters. The predicted molar refractivity (Wildman–Crippen MR) is 141 cm³/mol. The van der Waals surface area contributed by atoms with E-state index in [2.05, 4.69) is 16.5 Å². The highest BCUT2D eigenvalue weighted by Gasteiger charge is 2.35. The number of quaternary nitrogens is 1. The Labute approximate surface area is 227 Å². The molecule has 1 atom stereocenters. The number of benzene rings is 2. The number of carbonyl (C=O) groups is 1. The first kappa shape index (κ1) is 27.0. The molecule has 1 saturated heterocycles. The van der Waals surface area contributed by atoms with Crippen LogP contribution in [-0.4, -0.2) is 62.7 Å². The van der Waals surface area contributed by atoms with Crippen molar-refractivity contribution in [2.75, 3.05) is 27.2 Å². The summed E-state index contributed by atoms with van der Waals surface area (Å²) < 4.78 is 44.8. The second-order valence-corrected chi connectivity index (χ2v) is 10.5. The topological polar surface area (TPSA) is 97.6 Å². The number of imidazole rings is 1. The first-order chi connectivity index (χ1) is 18.9. The molecule has 5 rings (SSSR count). The molecule has 1 amide bonds. The highest BCUT2D eigenvalue weighted by Crippen LogP contribution is 2.32. The van der Waals surface area contributed by atoms with Crippen LogP contribution in [0.25, 0.3) is 22.8 Å². The van der Waals surface area contributed by atoms with Crippen molar-refractivity contribution >= 4 is 6.03 Å². The van der Waals surface area contributed by atoms with Gasteiger partial charge < -0.3 is 9.80 Å². The van der Waals surface area contributed by atoms with Gasteiger partial charge in [0, 0.05) is 6.42 Å². The minimum absolute atomic E-state index is 0.0202. The maximum atomic E-state index is 13.9. The van der Waals surface area contributed by atoms with Crippen molar-refractivity contribution in [1.82, 2.24) is 24.2 Å². The largest absolute Gasteiger partial charge is 0.416 e. The molecule has 1 aliphatic rings. The van der Waals surface area contributed by atoms with Gasteiger partial charge >= 0.3 is 17.9 Å². The van der Waals surface area contributed by atoms with Crippen LogP contribution in [0, 0.1) is 18.3 Å². The van der Waals surface area contributed by atoms with Gasteiger partial charge in [-0.1, -0.05) is 6.07 Å². The van der Waals surface area contributed by atoms with Crippen LogP contribution in [-0.2, 0) is 6.18 Å². The number of hydrogen-bond acceptors (Lipinski definition) is 4. The molecule has 0 aliphatic carbocycles. The van der Waals surface area contributed by atoms with Crippen molar-refractivity contribution in [2.24, 2.45) is 0 Å². The monoisotopic (exact) mass is 550 g/mol. The zero-order valence-corrected chi connectivity index (χ0v) is 22.1. The third kappa shape index (κ3) is 4.91. The zero-order chi connectivity index (χ0) is 28.8. The van der Waals surface area contributed by atoms with E-state index in [4.69, 9.17) is 5.26 Å². The van der Waals surface area contributed by atoms with Crippen molar-refractivity contribution < 1.29 is 22.4 Å². The van der Waals surface area contributed by atoms with Crippen LogP contribution >= 0.6 is 0 Å². The van der Waals surface area contributed by atoms with E-state index in [0.29, 0.717) is 28.0 Å². The number of likely N-dealkylation sites (N-methyl/N-ethyl adjacent to an activating group) is 1. The number of hydrogen-bond donors (Lipinski definition) is 1. The van der Waals surface area contributed by atoms with Gasteiger partial charge in [0.05, 0.1) is 79.4 Å². The van der Waals surface area contributed by atoms with Gasteiger partial charge in [-0.25, -0.2) is 18.8 Å². The Hall–Kier alpha value is -4.63. The number of likely N-dealkylation sites (tertiary alicyclic amines) is 1. The maximum absolute atomic E-state index is 13.9. The number of nitrogens with one attached hydrogen (secondary N) is 1. The van der Waals surface area contributed by atoms with Crippen molar-refractivity contribution in [2.45, 2.75) is 25.6 Å². The van der Waals surface area contributed by atoms with Crippen LogP contribution in [0.2, 0.25) is 0 Å². The number of nitrogens with zero attached hydrogens (tertiary/aromatic N) is 6. The molecule has 12 heteroatoms. The van der Waals surface area contributed by atoms with E-state index in [0.717, 1.165) is 34.2 Å². The van der Waals surface area contributed by atoms with Gasteiger partial charge in [0.15, 0.2) is 0 Å². The minimum Gasteiger partial charge on any atom is -0.329 e. The third-order valence-electron chi connectivity index (χ3n) is 7.17. The second kappa shape index (κ2) is 9.84. The summed E-state index contributed by atoms with van der Waals surface area (Å²) in [5.41, 5.74) is 0.104. The van der Waals surface area contributed by atoms with Crippen LogP contribution in [0.3, 0.4) is 0 Å². The van der Waals surface area contributed by atoms with E-state index in [1.54, 1.807) is 37.3 Å². The molecule has 40 heavy (non-hydrogen) atoms. The lowest BCUT2D eigenvalue weighted by Gasteiger charge is -2.23. The lowest BCUT2D eigenvalue weighted by molar-refractivity contribution is -0.878. The summed E-state index contributed by atoms with van der Waals surface area (Å²) in [7, 11) is 4.10. The van der Waals surface area contributed by atoms with Crippen LogP contribution in [0.5, 0.6) is 0 Å². The maximum Gasteiger partial charge on any atom is 0.416 e. The Morgan fingerprint density at radius 2 is 1.85 bits per heavy atom. The number of alkyl halides is 3. The molecule has 1 fully saturated rings. The van der Waals surface area contributed by atoms with Gasteiger partial charge in [0.1, 0.15) is 5.69 Å². The number of halogens is 3. The van der Waals surface area contributed by atoms with Crippen LogP contribution in [0.15, 0.2) is 65.6 Å². The fraction of sp³-hybridized carbons (Fsp3) is 0.286.